The third kappa shape index (κ3) is 4.96. The number of nitrogens with one attached hydrogen (secondary N) is 1. The van der Waals surface area contributed by atoms with Crippen molar-refractivity contribution in [2.45, 2.75) is 6.92 Å². The maximum absolute atomic E-state index is 11.8. The summed E-state index contributed by atoms with van der Waals surface area (Å²) in [6, 6.07) is 4.28. The van der Waals surface area contributed by atoms with E-state index in [-0.39, 0.29) is 13.2 Å². The van der Waals surface area contributed by atoms with Crippen LogP contribution < -0.4 is 5.32 Å². The van der Waals surface area contributed by atoms with E-state index in [1.165, 1.54) is 18.0 Å². The van der Waals surface area contributed by atoms with Crippen molar-refractivity contribution in [3.63, 3.8) is 0 Å². The summed E-state index contributed by atoms with van der Waals surface area (Å²) in [4.78, 5) is 24.2. The summed E-state index contributed by atoms with van der Waals surface area (Å²) >= 11 is 11.6. The maximum atomic E-state index is 11.8. The molecule has 5 nitrogen and oxygen atoms in total. The van der Waals surface area contributed by atoms with Gasteiger partial charge in [0.2, 0.25) is 0 Å². The predicted octanol–water partition coefficient (Wildman–Crippen LogP) is 3.02. The van der Waals surface area contributed by atoms with Crippen LogP contribution in [0.5, 0.6) is 0 Å². The summed E-state index contributed by atoms with van der Waals surface area (Å²) in [6.45, 7) is 1.86. The van der Waals surface area contributed by atoms with Crippen molar-refractivity contribution in [2.24, 2.45) is 0 Å². The minimum Gasteiger partial charge on any atom is -0.465 e. The molecule has 0 aliphatic rings. The Labute approximate surface area is 121 Å². The highest BCUT2D eigenvalue weighted by molar-refractivity contribution is 6.42. The van der Waals surface area contributed by atoms with E-state index >= 15 is 0 Å². The number of urea groups is 1. The molecule has 19 heavy (non-hydrogen) atoms. The second kappa shape index (κ2) is 7.21. The van der Waals surface area contributed by atoms with Crippen LogP contribution in [0.3, 0.4) is 0 Å². The smallest absolute Gasteiger partial charge is 0.325 e. The van der Waals surface area contributed by atoms with Gasteiger partial charge < -0.3 is 15.0 Å². The van der Waals surface area contributed by atoms with Crippen molar-refractivity contribution in [3.05, 3.63) is 28.2 Å². The van der Waals surface area contributed by atoms with Gasteiger partial charge in [0.1, 0.15) is 6.54 Å². The zero-order valence-electron chi connectivity index (χ0n) is 10.6. The van der Waals surface area contributed by atoms with Gasteiger partial charge in [0.05, 0.1) is 16.7 Å². The Morgan fingerprint density at radius 1 is 1.32 bits per heavy atom. The molecule has 1 N–H and O–H groups in total. The molecule has 1 rings (SSSR count). The van der Waals surface area contributed by atoms with Crippen LogP contribution in [-0.4, -0.2) is 37.1 Å². The average Bonchev–Trinajstić information content (AvgIpc) is 2.34. The van der Waals surface area contributed by atoms with Crippen molar-refractivity contribution < 1.29 is 14.3 Å². The van der Waals surface area contributed by atoms with Crippen molar-refractivity contribution in [1.29, 1.82) is 0 Å². The highest BCUT2D eigenvalue weighted by Gasteiger charge is 2.13. The fourth-order valence-corrected chi connectivity index (χ4v) is 1.56. The Morgan fingerprint density at radius 3 is 2.58 bits per heavy atom. The van der Waals surface area contributed by atoms with Gasteiger partial charge in [0.25, 0.3) is 0 Å². The molecule has 0 aliphatic carbocycles. The zero-order chi connectivity index (χ0) is 14.4. The van der Waals surface area contributed by atoms with Crippen LogP contribution in [0, 0.1) is 0 Å². The number of amides is 2. The predicted molar refractivity (Wildman–Crippen MR) is 74.7 cm³/mol. The van der Waals surface area contributed by atoms with Crippen LogP contribution in [-0.2, 0) is 9.53 Å². The summed E-state index contributed by atoms with van der Waals surface area (Å²) in [5, 5.41) is 3.34. The molecule has 0 aliphatic heterocycles. The molecule has 1 aromatic carbocycles. The van der Waals surface area contributed by atoms with E-state index in [4.69, 9.17) is 27.9 Å². The van der Waals surface area contributed by atoms with E-state index in [1.54, 1.807) is 19.1 Å². The summed E-state index contributed by atoms with van der Waals surface area (Å²) in [7, 11) is 1.49. The van der Waals surface area contributed by atoms with Gasteiger partial charge in [-0.1, -0.05) is 23.2 Å². The molecule has 0 radical (unpaired) electrons. The van der Waals surface area contributed by atoms with Gasteiger partial charge in [0, 0.05) is 12.7 Å². The summed E-state index contributed by atoms with van der Waals surface area (Å²) in [5.41, 5.74) is 0.495. The first-order chi connectivity index (χ1) is 8.93. The molecule has 2 amide bonds. The first-order valence-corrected chi connectivity index (χ1v) is 6.32. The first-order valence-electron chi connectivity index (χ1n) is 5.56. The van der Waals surface area contributed by atoms with Crippen molar-refractivity contribution >= 4 is 40.9 Å². The summed E-state index contributed by atoms with van der Waals surface area (Å²) in [5.74, 6) is -0.464. The van der Waals surface area contributed by atoms with E-state index < -0.39 is 12.0 Å². The largest absolute Gasteiger partial charge is 0.465 e. The van der Waals surface area contributed by atoms with Gasteiger partial charge in [-0.25, -0.2) is 4.79 Å². The molecule has 0 spiro atoms. The number of carbonyl (C=O) groups excluding carboxylic acids is 2. The van der Waals surface area contributed by atoms with Gasteiger partial charge in [-0.05, 0) is 25.1 Å². The average molecular weight is 305 g/mol. The first kappa shape index (κ1) is 15.6. The van der Waals surface area contributed by atoms with E-state index in [0.29, 0.717) is 15.7 Å². The number of anilines is 1. The number of carbonyl (C=O) groups is 2. The monoisotopic (exact) mass is 304 g/mol. The quantitative estimate of drug-likeness (QED) is 0.870. The number of nitrogens with zero attached hydrogens (tertiary/aromatic N) is 1. The van der Waals surface area contributed by atoms with Crippen molar-refractivity contribution in [1.82, 2.24) is 4.90 Å². The fourth-order valence-electron chi connectivity index (χ4n) is 1.26. The second-order valence-corrected chi connectivity index (χ2v) is 4.53. The van der Waals surface area contributed by atoms with E-state index in [0.717, 1.165) is 0 Å². The Bertz CT molecular complexity index is 480. The van der Waals surface area contributed by atoms with Crippen molar-refractivity contribution in [3.8, 4) is 0 Å². The highest BCUT2D eigenvalue weighted by Crippen LogP contribution is 2.25. The molecule has 7 heteroatoms. The number of likely N-dealkylation sites (N-methyl/N-ethyl adjacent to an activating group) is 1. The fraction of sp³-hybridized carbons (Fsp3) is 0.333. The molecule has 0 bridgehead atoms. The number of esters is 1. The van der Waals surface area contributed by atoms with Gasteiger partial charge in [-0.2, -0.15) is 0 Å². The van der Waals surface area contributed by atoms with Crippen LogP contribution in [0.15, 0.2) is 18.2 Å². The molecule has 0 fully saturated rings. The molecule has 0 aromatic heterocycles. The highest BCUT2D eigenvalue weighted by atomic mass is 35.5. The minimum atomic E-state index is -0.464. The van der Waals surface area contributed by atoms with E-state index in [1.807, 2.05) is 0 Å². The lowest BCUT2D eigenvalue weighted by molar-refractivity contribution is -0.143. The molecular formula is C12H14Cl2N2O3. The number of hydrogen-bond donors (Lipinski definition) is 1. The topological polar surface area (TPSA) is 58.6 Å². The number of benzene rings is 1. The summed E-state index contributed by atoms with van der Waals surface area (Å²) in [6.07, 6.45) is 0. The summed E-state index contributed by atoms with van der Waals surface area (Å²) < 4.78 is 4.75. The molecule has 0 unspecified atom stereocenters. The molecule has 0 heterocycles. The number of rotatable bonds is 4. The number of ether oxygens (including phenoxy) is 1. The lowest BCUT2D eigenvalue weighted by Gasteiger charge is -2.17. The molecule has 0 saturated carbocycles. The second-order valence-electron chi connectivity index (χ2n) is 3.72. The van der Waals surface area contributed by atoms with Crippen molar-refractivity contribution in [2.75, 3.05) is 25.5 Å². The van der Waals surface area contributed by atoms with E-state index in [9.17, 15) is 9.59 Å². The molecule has 0 saturated heterocycles. The molecule has 1 aromatic rings. The van der Waals surface area contributed by atoms with Gasteiger partial charge in [-0.3, -0.25) is 4.79 Å². The van der Waals surface area contributed by atoms with Gasteiger partial charge >= 0.3 is 12.0 Å². The Kier molecular flexibility index (Phi) is 5.92. The lowest BCUT2D eigenvalue weighted by Crippen LogP contribution is -2.36. The normalized spacial score (nSPS) is 9.89. The van der Waals surface area contributed by atoms with Crippen LogP contribution in [0.1, 0.15) is 6.92 Å². The van der Waals surface area contributed by atoms with Gasteiger partial charge in [-0.15, -0.1) is 0 Å². The third-order valence-electron chi connectivity index (χ3n) is 2.19. The Morgan fingerprint density at radius 2 is 2.00 bits per heavy atom. The zero-order valence-corrected chi connectivity index (χ0v) is 12.1. The van der Waals surface area contributed by atoms with Gasteiger partial charge in [0.15, 0.2) is 0 Å². The molecule has 0 atom stereocenters. The van der Waals surface area contributed by atoms with Crippen LogP contribution in [0.2, 0.25) is 10.0 Å². The lowest BCUT2D eigenvalue weighted by atomic mass is 10.3. The van der Waals surface area contributed by atoms with Crippen LogP contribution in [0.4, 0.5) is 10.5 Å². The number of hydrogen-bond acceptors (Lipinski definition) is 3. The van der Waals surface area contributed by atoms with Crippen LogP contribution in [0.25, 0.3) is 0 Å². The minimum absolute atomic E-state index is 0.124. The SMILES string of the molecule is CCOC(=O)CN(C)C(=O)Nc1ccc(Cl)c(Cl)c1. The maximum Gasteiger partial charge on any atom is 0.325 e. The molecule has 104 valence electrons. The Balaban J connectivity index is 2.58. The molecular weight excluding hydrogens is 291 g/mol. The number of halogens is 2. The third-order valence-corrected chi connectivity index (χ3v) is 2.93. The standard InChI is InChI=1S/C12H14Cl2N2O3/c1-3-19-11(17)7-16(2)12(18)15-8-4-5-9(13)10(14)6-8/h4-6H,3,7H2,1-2H3,(H,15,18). The van der Waals surface area contributed by atoms with Crippen LogP contribution >= 0.6 is 23.2 Å². The Hall–Kier alpha value is -1.46. The van der Waals surface area contributed by atoms with E-state index in [2.05, 4.69) is 5.32 Å².